The molecule has 0 amide bonds. The number of rotatable bonds is 7. The SMILES string of the molecule is CCc1ccc(-c2ccc(C(=O)OCCCCO)cc2)cc1. The van der Waals surface area contributed by atoms with Crippen molar-refractivity contribution in [1.29, 1.82) is 0 Å². The van der Waals surface area contributed by atoms with Gasteiger partial charge >= 0.3 is 5.97 Å². The molecule has 1 N–H and O–H groups in total. The lowest BCUT2D eigenvalue weighted by atomic mass is 10.0. The van der Waals surface area contributed by atoms with Crippen LogP contribution in [0.5, 0.6) is 0 Å². The first-order valence-corrected chi connectivity index (χ1v) is 7.72. The third-order valence-electron chi connectivity index (χ3n) is 3.60. The normalized spacial score (nSPS) is 10.5. The number of hydrogen-bond acceptors (Lipinski definition) is 3. The van der Waals surface area contributed by atoms with Crippen molar-refractivity contribution in [3.8, 4) is 11.1 Å². The average molecular weight is 298 g/mol. The summed E-state index contributed by atoms with van der Waals surface area (Å²) >= 11 is 0. The first-order valence-electron chi connectivity index (χ1n) is 7.72. The van der Waals surface area contributed by atoms with Crippen molar-refractivity contribution in [2.45, 2.75) is 26.2 Å². The Morgan fingerprint density at radius 1 is 0.955 bits per heavy atom. The molecule has 0 radical (unpaired) electrons. The Hall–Kier alpha value is -2.13. The number of carbonyl (C=O) groups is 1. The molecule has 0 spiro atoms. The summed E-state index contributed by atoms with van der Waals surface area (Å²) in [7, 11) is 0. The van der Waals surface area contributed by atoms with Crippen molar-refractivity contribution in [3.05, 3.63) is 59.7 Å². The average Bonchev–Trinajstić information content (AvgIpc) is 2.59. The summed E-state index contributed by atoms with van der Waals surface area (Å²) in [5.74, 6) is -0.314. The second kappa shape index (κ2) is 8.35. The highest BCUT2D eigenvalue weighted by Gasteiger charge is 2.07. The van der Waals surface area contributed by atoms with E-state index in [0.29, 0.717) is 25.0 Å². The molecule has 2 aromatic carbocycles. The second-order valence-electron chi connectivity index (χ2n) is 5.19. The summed E-state index contributed by atoms with van der Waals surface area (Å²) in [5.41, 5.74) is 4.09. The van der Waals surface area contributed by atoms with Gasteiger partial charge in [-0.3, -0.25) is 0 Å². The molecule has 116 valence electrons. The molecule has 0 aliphatic rings. The van der Waals surface area contributed by atoms with Crippen molar-refractivity contribution in [2.75, 3.05) is 13.2 Å². The smallest absolute Gasteiger partial charge is 0.338 e. The van der Waals surface area contributed by atoms with Gasteiger partial charge in [-0.25, -0.2) is 4.79 Å². The van der Waals surface area contributed by atoms with Gasteiger partial charge in [0.2, 0.25) is 0 Å². The van der Waals surface area contributed by atoms with Gasteiger partial charge in [-0.2, -0.15) is 0 Å². The maximum atomic E-state index is 11.9. The number of carbonyl (C=O) groups excluding carboxylic acids is 1. The van der Waals surface area contributed by atoms with Gasteiger partial charge in [0.15, 0.2) is 0 Å². The van der Waals surface area contributed by atoms with E-state index in [0.717, 1.165) is 17.5 Å². The minimum absolute atomic E-state index is 0.128. The molecule has 0 fully saturated rings. The van der Waals surface area contributed by atoms with Gasteiger partial charge in [0, 0.05) is 6.61 Å². The number of esters is 1. The van der Waals surface area contributed by atoms with Gasteiger partial charge in [0.05, 0.1) is 12.2 Å². The van der Waals surface area contributed by atoms with Gasteiger partial charge in [0.1, 0.15) is 0 Å². The molecule has 2 aromatic rings. The summed E-state index contributed by atoms with van der Waals surface area (Å²) < 4.78 is 5.16. The number of ether oxygens (including phenoxy) is 1. The lowest BCUT2D eigenvalue weighted by molar-refractivity contribution is 0.0492. The standard InChI is InChI=1S/C19H22O3/c1-2-15-5-7-16(8-6-15)17-9-11-18(12-10-17)19(21)22-14-4-3-13-20/h5-12,20H,2-4,13-14H2,1H3. The van der Waals surface area contributed by atoms with Gasteiger partial charge in [-0.15, -0.1) is 0 Å². The van der Waals surface area contributed by atoms with Crippen LogP contribution in [0, 0.1) is 0 Å². The number of hydrogen-bond donors (Lipinski definition) is 1. The van der Waals surface area contributed by atoms with Crippen LogP contribution in [-0.4, -0.2) is 24.3 Å². The lowest BCUT2D eigenvalue weighted by Crippen LogP contribution is -2.06. The first kappa shape index (κ1) is 16.2. The monoisotopic (exact) mass is 298 g/mol. The number of unbranched alkanes of at least 4 members (excludes halogenated alkanes) is 1. The third kappa shape index (κ3) is 4.43. The number of aliphatic hydroxyl groups excluding tert-OH is 1. The van der Waals surface area contributed by atoms with Gasteiger partial charge in [-0.05, 0) is 48.1 Å². The van der Waals surface area contributed by atoms with Crippen LogP contribution < -0.4 is 0 Å². The van der Waals surface area contributed by atoms with Crippen LogP contribution in [0.4, 0.5) is 0 Å². The Morgan fingerprint density at radius 3 is 2.09 bits per heavy atom. The van der Waals surface area contributed by atoms with Crippen LogP contribution in [0.3, 0.4) is 0 Å². The molecule has 2 rings (SSSR count). The summed E-state index contributed by atoms with van der Waals surface area (Å²) in [6, 6.07) is 15.9. The molecular weight excluding hydrogens is 276 g/mol. The van der Waals surface area contributed by atoms with Crippen molar-refractivity contribution in [1.82, 2.24) is 0 Å². The van der Waals surface area contributed by atoms with E-state index in [-0.39, 0.29) is 12.6 Å². The Balaban J connectivity index is 1.98. The van der Waals surface area contributed by atoms with Crippen molar-refractivity contribution in [2.24, 2.45) is 0 Å². The topological polar surface area (TPSA) is 46.5 Å². The molecule has 0 aliphatic carbocycles. The second-order valence-corrected chi connectivity index (χ2v) is 5.19. The predicted molar refractivity (Wildman–Crippen MR) is 87.9 cm³/mol. The minimum Gasteiger partial charge on any atom is -0.462 e. The lowest BCUT2D eigenvalue weighted by Gasteiger charge is -2.06. The van der Waals surface area contributed by atoms with Gasteiger partial charge in [-0.1, -0.05) is 43.3 Å². The minimum atomic E-state index is -0.314. The zero-order chi connectivity index (χ0) is 15.8. The predicted octanol–water partition coefficient (Wildman–Crippen LogP) is 3.85. The van der Waals surface area contributed by atoms with E-state index in [2.05, 4.69) is 31.2 Å². The van der Waals surface area contributed by atoms with Gasteiger partial charge in [0.25, 0.3) is 0 Å². The Kier molecular flexibility index (Phi) is 6.16. The van der Waals surface area contributed by atoms with Crippen LogP contribution in [0.1, 0.15) is 35.7 Å². The fraction of sp³-hybridized carbons (Fsp3) is 0.316. The van der Waals surface area contributed by atoms with Crippen molar-refractivity contribution < 1.29 is 14.6 Å². The molecular formula is C19H22O3. The number of aryl methyl sites for hydroxylation is 1. The highest BCUT2D eigenvalue weighted by Crippen LogP contribution is 2.21. The largest absolute Gasteiger partial charge is 0.462 e. The summed E-state index contributed by atoms with van der Waals surface area (Å²) in [6.45, 7) is 2.61. The summed E-state index contributed by atoms with van der Waals surface area (Å²) in [5, 5.41) is 8.68. The fourth-order valence-electron chi connectivity index (χ4n) is 2.19. The quantitative estimate of drug-likeness (QED) is 0.624. The van der Waals surface area contributed by atoms with E-state index in [9.17, 15) is 4.79 Å². The van der Waals surface area contributed by atoms with E-state index < -0.39 is 0 Å². The molecule has 0 aliphatic heterocycles. The van der Waals surface area contributed by atoms with Crippen LogP contribution in [0.25, 0.3) is 11.1 Å². The van der Waals surface area contributed by atoms with Crippen molar-refractivity contribution in [3.63, 3.8) is 0 Å². The Morgan fingerprint density at radius 2 is 1.55 bits per heavy atom. The van der Waals surface area contributed by atoms with Crippen LogP contribution in [-0.2, 0) is 11.2 Å². The summed E-state index contributed by atoms with van der Waals surface area (Å²) in [6.07, 6.45) is 2.37. The van der Waals surface area contributed by atoms with Crippen LogP contribution >= 0.6 is 0 Å². The molecule has 3 heteroatoms. The highest BCUT2D eigenvalue weighted by atomic mass is 16.5. The Bertz CT molecular complexity index is 585. The molecule has 0 aromatic heterocycles. The number of aliphatic hydroxyl groups is 1. The number of benzene rings is 2. The molecule has 22 heavy (non-hydrogen) atoms. The third-order valence-corrected chi connectivity index (χ3v) is 3.60. The zero-order valence-corrected chi connectivity index (χ0v) is 12.9. The maximum Gasteiger partial charge on any atom is 0.338 e. The molecule has 0 unspecified atom stereocenters. The maximum absolute atomic E-state index is 11.9. The molecule has 0 bridgehead atoms. The molecule has 3 nitrogen and oxygen atoms in total. The van der Waals surface area contributed by atoms with E-state index in [4.69, 9.17) is 9.84 Å². The molecule has 0 saturated carbocycles. The van der Waals surface area contributed by atoms with E-state index in [1.54, 1.807) is 12.1 Å². The summed E-state index contributed by atoms with van der Waals surface area (Å²) in [4.78, 5) is 11.9. The van der Waals surface area contributed by atoms with Crippen LogP contribution in [0.2, 0.25) is 0 Å². The zero-order valence-electron chi connectivity index (χ0n) is 12.9. The first-order chi connectivity index (χ1) is 10.7. The molecule has 0 heterocycles. The van der Waals surface area contributed by atoms with E-state index in [1.165, 1.54) is 5.56 Å². The fourth-order valence-corrected chi connectivity index (χ4v) is 2.19. The van der Waals surface area contributed by atoms with Gasteiger partial charge < -0.3 is 9.84 Å². The van der Waals surface area contributed by atoms with Crippen molar-refractivity contribution >= 4 is 5.97 Å². The molecule has 0 atom stereocenters. The van der Waals surface area contributed by atoms with E-state index >= 15 is 0 Å². The Labute approximate surface area is 131 Å². The van der Waals surface area contributed by atoms with Crippen LogP contribution in [0.15, 0.2) is 48.5 Å². The van der Waals surface area contributed by atoms with E-state index in [1.807, 2.05) is 12.1 Å². The molecule has 0 saturated heterocycles. The highest BCUT2D eigenvalue weighted by molar-refractivity contribution is 5.90.